The van der Waals surface area contributed by atoms with Gasteiger partial charge in [-0.25, -0.2) is 4.98 Å². The van der Waals surface area contributed by atoms with Crippen molar-refractivity contribution in [3.63, 3.8) is 0 Å². The second-order valence-corrected chi connectivity index (χ2v) is 5.76. The van der Waals surface area contributed by atoms with Gasteiger partial charge in [-0.1, -0.05) is 6.07 Å². The van der Waals surface area contributed by atoms with Crippen LogP contribution < -0.4 is 5.43 Å². The van der Waals surface area contributed by atoms with Gasteiger partial charge in [-0.15, -0.1) is 0 Å². The second kappa shape index (κ2) is 7.51. The Morgan fingerprint density at radius 1 is 1.21 bits per heavy atom. The van der Waals surface area contributed by atoms with E-state index in [0.717, 1.165) is 17.7 Å². The molecule has 2 heterocycles. The number of aryl methyl sites for hydroxylation is 1. The summed E-state index contributed by atoms with van der Waals surface area (Å²) < 4.78 is 43.1. The molecule has 0 unspecified atom stereocenters. The van der Waals surface area contributed by atoms with E-state index in [-0.39, 0.29) is 11.5 Å². The summed E-state index contributed by atoms with van der Waals surface area (Å²) in [6.45, 7) is 1.80. The van der Waals surface area contributed by atoms with E-state index in [4.69, 9.17) is 4.42 Å². The van der Waals surface area contributed by atoms with Gasteiger partial charge in [0.15, 0.2) is 0 Å². The normalized spacial score (nSPS) is 11.7. The molecule has 2 aromatic heterocycles. The molecule has 0 aliphatic heterocycles. The second-order valence-electron chi connectivity index (χ2n) is 5.76. The molecule has 28 heavy (non-hydrogen) atoms. The Kier molecular flexibility index (Phi) is 5.12. The number of nitrogens with zero attached hydrogens (tertiary/aromatic N) is 3. The lowest BCUT2D eigenvalue weighted by molar-refractivity contribution is -0.384. The van der Waals surface area contributed by atoms with Gasteiger partial charge in [-0.05, 0) is 36.8 Å². The number of nitro groups is 1. The highest BCUT2D eigenvalue weighted by Crippen LogP contribution is 2.30. The Balaban J connectivity index is 1.71. The van der Waals surface area contributed by atoms with Crippen LogP contribution in [0.15, 0.2) is 58.2 Å². The molecule has 0 saturated heterocycles. The molecule has 3 aromatic rings. The van der Waals surface area contributed by atoms with Crippen LogP contribution in [0.5, 0.6) is 0 Å². The zero-order chi connectivity index (χ0) is 20.3. The lowest BCUT2D eigenvalue weighted by Crippen LogP contribution is -2.05. The number of furan rings is 1. The molecule has 0 bridgehead atoms. The molecule has 3 rings (SSSR count). The summed E-state index contributed by atoms with van der Waals surface area (Å²) in [5.41, 5.74) is 2.96. The van der Waals surface area contributed by atoms with E-state index in [1.54, 1.807) is 25.1 Å². The summed E-state index contributed by atoms with van der Waals surface area (Å²) in [7, 11) is 0. The third-order valence-corrected chi connectivity index (χ3v) is 3.79. The first-order valence-electron chi connectivity index (χ1n) is 7.91. The summed E-state index contributed by atoms with van der Waals surface area (Å²) in [4.78, 5) is 14.1. The highest BCUT2D eigenvalue weighted by molar-refractivity contribution is 5.78. The lowest BCUT2D eigenvalue weighted by Gasteiger charge is -2.06. The number of halogens is 3. The van der Waals surface area contributed by atoms with Crippen molar-refractivity contribution in [2.75, 3.05) is 5.43 Å². The zero-order valence-corrected chi connectivity index (χ0v) is 14.4. The minimum Gasteiger partial charge on any atom is -0.455 e. The fraction of sp³-hybridized carbons (Fsp3) is 0.111. The number of nitrogens with one attached hydrogen (secondary N) is 1. The van der Waals surface area contributed by atoms with E-state index in [0.29, 0.717) is 23.3 Å². The molecule has 0 atom stereocenters. The van der Waals surface area contributed by atoms with Crippen molar-refractivity contribution in [1.29, 1.82) is 0 Å². The van der Waals surface area contributed by atoms with Gasteiger partial charge < -0.3 is 4.42 Å². The van der Waals surface area contributed by atoms with Crippen LogP contribution in [0.4, 0.5) is 24.7 Å². The van der Waals surface area contributed by atoms with Gasteiger partial charge in [-0.3, -0.25) is 15.5 Å². The number of hydrogen-bond donors (Lipinski definition) is 1. The minimum atomic E-state index is -4.45. The number of benzene rings is 1. The smallest absolute Gasteiger partial charge is 0.417 e. The number of anilines is 1. The highest BCUT2D eigenvalue weighted by atomic mass is 19.4. The molecule has 0 saturated carbocycles. The molecule has 1 N–H and O–H groups in total. The van der Waals surface area contributed by atoms with E-state index < -0.39 is 16.7 Å². The van der Waals surface area contributed by atoms with Crippen LogP contribution in [0.25, 0.3) is 11.3 Å². The monoisotopic (exact) mass is 390 g/mol. The molecule has 0 radical (unpaired) electrons. The quantitative estimate of drug-likeness (QED) is 0.375. The van der Waals surface area contributed by atoms with E-state index in [2.05, 4.69) is 15.5 Å². The number of hydrazone groups is 1. The first-order valence-corrected chi connectivity index (χ1v) is 7.91. The number of non-ortho nitro benzene ring substituents is 1. The van der Waals surface area contributed by atoms with E-state index >= 15 is 0 Å². The average Bonchev–Trinajstić information content (AvgIpc) is 3.10. The molecule has 0 amide bonds. The van der Waals surface area contributed by atoms with Crippen molar-refractivity contribution in [3.05, 3.63) is 75.7 Å². The number of pyridine rings is 1. The molecule has 10 heteroatoms. The van der Waals surface area contributed by atoms with Crippen LogP contribution in [-0.4, -0.2) is 16.1 Å². The summed E-state index contributed by atoms with van der Waals surface area (Å²) in [5, 5.41) is 14.8. The van der Waals surface area contributed by atoms with E-state index in [1.807, 2.05) is 0 Å². The maximum atomic E-state index is 12.5. The van der Waals surface area contributed by atoms with Crippen molar-refractivity contribution in [2.24, 2.45) is 5.10 Å². The minimum absolute atomic E-state index is 0.0535. The fourth-order valence-electron chi connectivity index (χ4n) is 2.35. The van der Waals surface area contributed by atoms with Crippen molar-refractivity contribution in [2.45, 2.75) is 13.1 Å². The number of rotatable bonds is 5. The molecular weight excluding hydrogens is 377 g/mol. The molecule has 1 aromatic carbocycles. The first kappa shape index (κ1) is 19.1. The van der Waals surface area contributed by atoms with Crippen molar-refractivity contribution in [3.8, 4) is 11.3 Å². The van der Waals surface area contributed by atoms with Crippen molar-refractivity contribution >= 4 is 17.7 Å². The fourth-order valence-corrected chi connectivity index (χ4v) is 2.35. The topological polar surface area (TPSA) is 93.6 Å². The zero-order valence-electron chi connectivity index (χ0n) is 14.4. The van der Waals surface area contributed by atoms with Crippen LogP contribution in [0.3, 0.4) is 0 Å². The predicted molar refractivity (Wildman–Crippen MR) is 96.0 cm³/mol. The SMILES string of the molecule is Cc1ccc([N+](=O)[O-])cc1-c1ccc(/C=N\Nc2ccc(C(F)(F)F)cn2)o1. The Morgan fingerprint density at radius 2 is 2.00 bits per heavy atom. The Hall–Kier alpha value is -3.69. The third-order valence-electron chi connectivity index (χ3n) is 3.79. The maximum absolute atomic E-state index is 12.5. The molecule has 144 valence electrons. The number of hydrogen-bond acceptors (Lipinski definition) is 6. The van der Waals surface area contributed by atoms with Crippen LogP contribution in [-0.2, 0) is 6.18 Å². The first-order chi connectivity index (χ1) is 13.2. The molecule has 7 nitrogen and oxygen atoms in total. The summed E-state index contributed by atoms with van der Waals surface area (Å²) >= 11 is 0. The molecule has 0 aliphatic carbocycles. The van der Waals surface area contributed by atoms with Crippen LogP contribution >= 0.6 is 0 Å². The van der Waals surface area contributed by atoms with Gasteiger partial charge in [0, 0.05) is 23.9 Å². The third kappa shape index (κ3) is 4.34. The average molecular weight is 390 g/mol. The number of nitro benzene ring substituents is 1. The van der Waals surface area contributed by atoms with Gasteiger partial charge in [0.25, 0.3) is 5.69 Å². The Bertz CT molecular complexity index is 1030. The van der Waals surface area contributed by atoms with Crippen molar-refractivity contribution < 1.29 is 22.5 Å². The van der Waals surface area contributed by atoms with Gasteiger partial charge in [0.1, 0.15) is 17.3 Å². The predicted octanol–water partition coefficient (Wildman–Crippen LogP) is 5.02. The van der Waals surface area contributed by atoms with Crippen LogP contribution in [0.2, 0.25) is 0 Å². The maximum Gasteiger partial charge on any atom is 0.417 e. The molecular formula is C18H13F3N4O3. The molecule has 0 aliphatic rings. The molecule has 0 spiro atoms. The summed E-state index contributed by atoms with van der Waals surface area (Å²) in [5.74, 6) is 0.904. The van der Waals surface area contributed by atoms with Crippen molar-refractivity contribution in [1.82, 2.24) is 4.98 Å². The van der Waals surface area contributed by atoms with Gasteiger partial charge in [0.05, 0.1) is 16.7 Å². The summed E-state index contributed by atoms with van der Waals surface area (Å²) in [6.07, 6.45) is -2.44. The van der Waals surface area contributed by atoms with Gasteiger partial charge in [0.2, 0.25) is 0 Å². The van der Waals surface area contributed by atoms with Crippen LogP contribution in [0.1, 0.15) is 16.9 Å². The largest absolute Gasteiger partial charge is 0.455 e. The number of aromatic nitrogens is 1. The van der Waals surface area contributed by atoms with E-state index in [1.165, 1.54) is 18.3 Å². The Labute approximate surface area is 156 Å². The van der Waals surface area contributed by atoms with E-state index in [9.17, 15) is 23.3 Å². The number of alkyl halides is 3. The van der Waals surface area contributed by atoms with Crippen LogP contribution in [0, 0.1) is 17.0 Å². The lowest BCUT2D eigenvalue weighted by atomic mass is 10.1. The Morgan fingerprint density at radius 3 is 2.64 bits per heavy atom. The highest BCUT2D eigenvalue weighted by Gasteiger charge is 2.30. The molecule has 0 fully saturated rings. The standard InChI is InChI=1S/C18H13F3N4O3/c1-11-2-4-13(25(26)27)8-15(11)16-6-5-14(28-16)10-23-24-17-7-3-12(9-22-17)18(19,20)21/h2-10H,1H3,(H,22,24)/b23-10-. The van der Waals surface area contributed by atoms with Gasteiger partial charge in [-0.2, -0.15) is 18.3 Å². The summed E-state index contributed by atoms with van der Waals surface area (Å²) in [6, 6.07) is 9.75. The van der Waals surface area contributed by atoms with Gasteiger partial charge >= 0.3 is 6.18 Å².